The van der Waals surface area contributed by atoms with Gasteiger partial charge in [0, 0.05) is 63.2 Å². The second kappa shape index (κ2) is 9.26. The zero-order valence-electron chi connectivity index (χ0n) is 17.8. The highest BCUT2D eigenvalue weighted by atomic mass is 16.1. The Morgan fingerprint density at radius 2 is 1.80 bits per heavy atom. The van der Waals surface area contributed by atoms with Gasteiger partial charge in [-0.25, -0.2) is 4.98 Å². The highest BCUT2D eigenvalue weighted by Crippen LogP contribution is 2.20. The van der Waals surface area contributed by atoms with Crippen LogP contribution in [0, 0.1) is 0 Å². The van der Waals surface area contributed by atoms with Crippen molar-refractivity contribution in [3.8, 4) is 0 Å². The van der Waals surface area contributed by atoms with E-state index in [4.69, 9.17) is 0 Å². The summed E-state index contributed by atoms with van der Waals surface area (Å²) in [7, 11) is 0. The number of hydrogen-bond acceptors (Lipinski definition) is 6. The van der Waals surface area contributed by atoms with Crippen molar-refractivity contribution in [2.75, 3.05) is 49.2 Å². The van der Waals surface area contributed by atoms with Crippen LogP contribution in [0.25, 0.3) is 0 Å². The van der Waals surface area contributed by atoms with Crippen molar-refractivity contribution in [3.63, 3.8) is 0 Å². The Hall–Kier alpha value is -2.93. The van der Waals surface area contributed by atoms with Gasteiger partial charge in [0.2, 0.25) is 0 Å². The molecule has 2 aliphatic heterocycles. The molecule has 7 nitrogen and oxygen atoms in total. The molecule has 1 aromatic carbocycles. The molecule has 1 N–H and O–H groups in total. The first-order valence-electron chi connectivity index (χ1n) is 10.7. The van der Waals surface area contributed by atoms with E-state index in [1.54, 1.807) is 0 Å². The van der Waals surface area contributed by atoms with E-state index in [1.807, 2.05) is 48.5 Å². The van der Waals surface area contributed by atoms with Crippen LogP contribution in [0.2, 0.25) is 0 Å². The third-order valence-corrected chi connectivity index (χ3v) is 5.81. The van der Waals surface area contributed by atoms with E-state index in [-0.39, 0.29) is 5.91 Å². The van der Waals surface area contributed by atoms with Crippen molar-refractivity contribution >= 4 is 23.1 Å². The molecule has 0 atom stereocenters. The highest BCUT2D eigenvalue weighted by molar-refractivity contribution is 5.94. The fourth-order valence-electron chi connectivity index (χ4n) is 3.83. The molecular weight excluding hydrogens is 376 g/mol. The van der Waals surface area contributed by atoms with Gasteiger partial charge in [0.15, 0.2) is 0 Å². The smallest absolute Gasteiger partial charge is 0.251 e. The van der Waals surface area contributed by atoms with Gasteiger partial charge in [0.25, 0.3) is 5.91 Å². The van der Waals surface area contributed by atoms with Crippen molar-refractivity contribution in [1.82, 2.24) is 15.2 Å². The van der Waals surface area contributed by atoms with Crippen LogP contribution >= 0.6 is 0 Å². The summed E-state index contributed by atoms with van der Waals surface area (Å²) in [4.78, 5) is 21.9. The van der Waals surface area contributed by atoms with Crippen molar-refractivity contribution in [1.29, 1.82) is 0 Å². The molecule has 1 amide bonds. The number of hydrogen-bond donors (Lipinski definition) is 1. The molecule has 1 aromatic heterocycles. The Labute approximate surface area is 178 Å². The van der Waals surface area contributed by atoms with Gasteiger partial charge in [-0.2, -0.15) is 5.10 Å². The molecule has 158 valence electrons. The molecule has 1 fully saturated rings. The summed E-state index contributed by atoms with van der Waals surface area (Å²) in [6.45, 7) is 10.9. The van der Waals surface area contributed by atoms with Gasteiger partial charge in [-0.15, -0.1) is 0 Å². The summed E-state index contributed by atoms with van der Waals surface area (Å²) < 4.78 is 0. The molecular formula is C23H30N6O. The summed E-state index contributed by atoms with van der Waals surface area (Å²) in [6, 6.07) is 11.7. The largest absolute Gasteiger partial charge is 0.354 e. The number of hydrazone groups is 1. The molecule has 7 heteroatoms. The molecule has 0 unspecified atom stereocenters. The minimum atomic E-state index is -0.0811. The number of amides is 1. The van der Waals surface area contributed by atoms with Crippen LogP contribution in [0.1, 0.15) is 36.2 Å². The van der Waals surface area contributed by atoms with E-state index in [9.17, 15) is 4.79 Å². The SMILES string of the molecule is CCN1CCN(c2ccc(CNC(=O)c3ccc(N4CCC(C)=N4)cc3)cn2)CC1. The molecule has 0 saturated carbocycles. The molecule has 30 heavy (non-hydrogen) atoms. The summed E-state index contributed by atoms with van der Waals surface area (Å²) in [5.41, 5.74) is 3.80. The van der Waals surface area contributed by atoms with Gasteiger partial charge < -0.3 is 15.1 Å². The number of carbonyl (C=O) groups excluding carboxylic acids is 1. The van der Waals surface area contributed by atoms with Gasteiger partial charge in [0.1, 0.15) is 5.82 Å². The molecule has 0 bridgehead atoms. The Bertz CT molecular complexity index is 885. The predicted molar refractivity (Wildman–Crippen MR) is 121 cm³/mol. The zero-order valence-corrected chi connectivity index (χ0v) is 17.8. The molecule has 0 aliphatic carbocycles. The Morgan fingerprint density at radius 3 is 2.40 bits per heavy atom. The summed E-state index contributed by atoms with van der Waals surface area (Å²) in [5.74, 6) is 0.929. The van der Waals surface area contributed by atoms with Crippen molar-refractivity contribution in [2.24, 2.45) is 5.10 Å². The maximum Gasteiger partial charge on any atom is 0.251 e. The number of carbonyl (C=O) groups is 1. The van der Waals surface area contributed by atoms with Crippen molar-refractivity contribution in [3.05, 3.63) is 53.7 Å². The third kappa shape index (κ3) is 4.79. The number of piperazine rings is 1. The maximum atomic E-state index is 12.5. The number of likely N-dealkylation sites (N-methyl/N-ethyl adjacent to an activating group) is 1. The average Bonchev–Trinajstić information content (AvgIpc) is 3.24. The standard InChI is InChI=1S/C23H30N6O/c1-3-27-12-14-28(15-13-27)22-9-4-19(16-24-22)17-25-23(30)20-5-7-21(8-6-20)29-11-10-18(2)26-29/h4-9,16H,3,10-15,17H2,1-2H3,(H,25,30). The third-order valence-electron chi connectivity index (χ3n) is 5.81. The fraction of sp³-hybridized carbons (Fsp3) is 0.435. The molecule has 4 rings (SSSR count). The molecule has 2 aromatic rings. The van der Waals surface area contributed by atoms with Crippen molar-refractivity contribution < 1.29 is 4.79 Å². The molecule has 0 spiro atoms. The normalized spacial score (nSPS) is 17.2. The number of benzene rings is 1. The van der Waals surface area contributed by atoms with Crippen LogP contribution < -0.4 is 15.2 Å². The van der Waals surface area contributed by atoms with Crippen LogP contribution in [0.4, 0.5) is 11.5 Å². The number of rotatable bonds is 6. The topological polar surface area (TPSA) is 64.1 Å². The first kappa shape index (κ1) is 20.3. The van der Waals surface area contributed by atoms with E-state index in [1.165, 1.54) is 0 Å². The van der Waals surface area contributed by atoms with Gasteiger partial charge >= 0.3 is 0 Å². The lowest BCUT2D eigenvalue weighted by atomic mass is 10.2. The lowest BCUT2D eigenvalue weighted by molar-refractivity contribution is 0.0951. The summed E-state index contributed by atoms with van der Waals surface area (Å²) in [5, 5.41) is 9.46. The first-order chi connectivity index (χ1) is 14.6. The predicted octanol–water partition coefficient (Wildman–Crippen LogP) is 2.74. The maximum absolute atomic E-state index is 12.5. The molecule has 2 aliphatic rings. The van der Waals surface area contributed by atoms with E-state index in [0.717, 1.165) is 68.5 Å². The second-order valence-electron chi connectivity index (χ2n) is 7.88. The fourth-order valence-corrected chi connectivity index (χ4v) is 3.83. The van der Waals surface area contributed by atoms with Crippen LogP contribution in [0.15, 0.2) is 47.7 Å². The van der Waals surface area contributed by atoms with Gasteiger partial charge in [-0.1, -0.05) is 13.0 Å². The molecule has 1 saturated heterocycles. The number of nitrogens with zero attached hydrogens (tertiary/aromatic N) is 5. The minimum absolute atomic E-state index is 0.0811. The quantitative estimate of drug-likeness (QED) is 0.799. The first-order valence-corrected chi connectivity index (χ1v) is 10.7. The second-order valence-corrected chi connectivity index (χ2v) is 7.88. The number of aromatic nitrogens is 1. The Balaban J connectivity index is 1.28. The van der Waals surface area contributed by atoms with Crippen molar-refractivity contribution in [2.45, 2.75) is 26.8 Å². The number of nitrogens with one attached hydrogen (secondary N) is 1. The summed E-state index contributed by atoms with van der Waals surface area (Å²) >= 11 is 0. The van der Waals surface area contributed by atoms with Crippen LogP contribution in [0.5, 0.6) is 0 Å². The highest BCUT2D eigenvalue weighted by Gasteiger charge is 2.17. The van der Waals surface area contributed by atoms with Gasteiger partial charge in [-0.3, -0.25) is 9.80 Å². The number of anilines is 2. The summed E-state index contributed by atoms with van der Waals surface area (Å²) in [6.07, 6.45) is 2.85. The lowest BCUT2D eigenvalue weighted by Gasteiger charge is -2.34. The van der Waals surface area contributed by atoms with Crippen LogP contribution in [-0.2, 0) is 6.54 Å². The number of pyridine rings is 1. The monoisotopic (exact) mass is 406 g/mol. The van der Waals surface area contributed by atoms with Gasteiger partial charge in [-0.05, 0) is 49.4 Å². The Morgan fingerprint density at radius 1 is 1.03 bits per heavy atom. The van der Waals surface area contributed by atoms with E-state index in [2.05, 4.69) is 38.2 Å². The van der Waals surface area contributed by atoms with Crippen LogP contribution in [-0.4, -0.2) is 60.8 Å². The molecule has 3 heterocycles. The zero-order chi connectivity index (χ0) is 20.9. The lowest BCUT2D eigenvalue weighted by Crippen LogP contribution is -2.46. The molecule has 0 radical (unpaired) electrons. The van der Waals surface area contributed by atoms with Crippen LogP contribution in [0.3, 0.4) is 0 Å². The van der Waals surface area contributed by atoms with E-state index in [0.29, 0.717) is 12.1 Å². The average molecular weight is 407 g/mol. The van der Waals surface area contributed by atoms with Gasteiger partial charge in [0.05, 0.1) is 5.69 Å². The Kier molecular flexibility index (Phi) is 6.28. The minimum Gasteiger partial charge on any atom is -0.354 e. The van der Waals surface area contributed by atoms with E-state index < -0.39 is 0 Å². The van der Waals surface area contributed by atoms with E-state index >= 15 is 0 Å².